The fraction of sp³-hybridized carbons (Fsp3) is 0.150. The predicted molar refractivity (Wildman–Crippen MR) is 100 cm³/mol. The Morgan fingerprint density at radius 2 is 1.92 bits per heavy atom. The minimum absolute atomic E-state index is 0.353. The molecule has 3 aromatic rings. The van der Waals surface area contributed by atoms with Gasteiger partial charge in [0.25, 0.3) is 0 Å². The van der Waals surface area contributed by atoms with E-state index in [-0.39, 0.29) is 5.97 Å². The number of fused-ring (bicyclic) bond motifs is 1. The number of ether oxygens (including phenoxy) is 1. The Morgan fingerprint density at radius 3 is 2.73 bits per heavy atom. The topological polar surface area (TPSA) is 67.3 Å². The highest BCUT2D eigenvalue weighted by Crippen LogP contribution is 2.32. The van der Waals surface area contributed by atoms with Gasteiger partial charge in [-0.05, 0) is 48.4 Å². The van der Waals surface area contributed by atoms with Crippen LogP contribution in [0.1, 0.15) is 15.9 Å². The quantitative estimate of drug-likeness (QED) is 0.727. The molecule has 0 aliphatic carbocycles. The number of anilines is 4. The Hall–Kier alpha value is -3.41. The summed E-state index contributed by atoms with van der Waals surface area (Å²) in [6, 6.07) is 17.2. The van der Waals surface area contributed by atoms with Crippen molar-refractivity contribution in [3.8, 4) is 0 Å². The van der Waals surface area contributed by atoms with Crippen LogP contribution >= 0.6 is 0 Å². The molecule has 0 amide bonds. The molecule has 1 aromatic heterocycles. The Morgan fingerprint density at radius 1 is 1.12 bits per heavy atom. The third-order valence-corrected chi connectivity index (χ3v) is 4.35. The van der Waals surface area contributed by atoms with E-state index in [1.165, 1.54) is 12.7 Å². The van der Waals surface area contributed by atoms with Crippen molar-refractivity contribution in [1.29, 1.82) is 0 Å². The maximum absolute atomic E-state index is 11.5. The molecule has 1 aliphatic rings. The zero-order valence-corrected chi connectivity index (χ0v) is 14.3. The molecule has 1 aliphatic heterocycles. The van der Waals surface area contributed by atoms with Gasteiger partial charge < -0.3 is 15.0 Å². The summed E-state index contributed by atoms with van der Waals surface area (Å²) in [5.41, 5.74) is 3.82. The summed E-state index contributed by atoms with van der Waals surface area (Å²) in [6.07, 6.45) is 2.74. The molecule has 2 aromatic carbocycles. The highest BCUT2D eigenvalue weighted by molar-refractivity contribution is 5.89. The van der Waals surface area contributed by atoms with Crippen molar-refractivity contribution < 1.29 is 9.53 Å². The first-order chi connectivity index (χ1) is 12.7. The van der Waals surface area contributed by atoms with Gasteiger partial charge in [-0.25, -0.2) is 9.78 Å². The average Bonchev–Trinajstić information content (AvgIpc) is 3.12. The average molecular weight is 346 g/mol. The van der Waals surface area contributed by atoms with Crippen molar-refractivity contribution in [1.82, 2.24) is 9.97 Å². The largest absolute Gasteiger partial charge is 0.465 e. The Balaban J connectivity index is 1.54. The molecule has 1 N–H and O–H groups in total. The SMILES string of the molecule is COC(=O)c1ccc(Nc2ccnc(N3CCc4ccccc43)n2)cc1. The number of para-hydroxylation sites is 1. The van der Waals surface area contributed by atoms with Gasteiger partial charge >= 0.3 is 5.97 Å². The summed E-state index contributed by atoms with van der Waals surface area (Å²) in [5.74, 6) is 1.02. The van der Waals surface area contributed by atoms with Crippen LogP contribution < -0.4 is 10.2 Å². The number of hydrogen-bond acceptors (Lipinski definition) is 6. The number of rotatable bonds is 4. The van der Waals surface area contributed by atoms with Crippen molar-refractivity contribution in [2.75, 3.05) is 23.9 Å². The lowest BCUT2D eigenvalue weighted by Gasteiger charge is -2.17. The fourth-order valence-electron chi connectivity index (χ4n) is 3.05. The number of carbonyl (C=O) groups is 1. The van der Waals surface area contributed by atoms with Gasteiger partial charge in [0.05, 0.1) is 12.7 Å². The Bertz CT molecular complexity index is 941. The van der Waals surface area contributed by atoms with Crippen molar-refractivity contribution in [2.45, 2.75) is 6.42 Å². The number of carbonyl (C=O) groups excluding carboxylic acids is 1. The lowest BCUT2D eigenvalue weighted by Crippen LogP contribution is -2.16. The van der Waals surface area contributed by atoms with E-state index in [0.717, 1.165) is 24.3 Å². The third kappa shape index (κ3) is 3.09. The van der Waals surface area contributed by atoms with Gasteiger partial charge in [0.1, 0.15) is 5.82 Å². The number of nitrogens with one attached hydrogen (secondary N) is 1. The minimum Gasteiger partial charge on any atom is -0.465 e. The van der Waals surface area contributed by atoms with Crippen LogP contribution in [0, 0.1) is 0 Å². The Labute approximate surface area is 151 Å². The number of aromatic nitrogens is 2. The monoisotopic (exact) mass is 346 g/mol. The molecule has 6 nitrogen and oxygen atoms in total. The standard InChI is InChI=1S/C20H18N4O2/c1-26-19(25)15-6-8-16(9-7-15)22-18-10-12-21-20(23-18)24-13-11-14-4-2-3-5-17(14)24/h2-10,12H,11,13H2,1H3,(H,21,22,23). The number of hydrogen-bond donors (Lipinski definition) is 1. The first-order valence-corrected chi connectivity index (χ1v) is 8.38. The van der Waals surface area contributed by atoms with Crippen molar-refractivity contribution in [3.63, 3.8) is 0 Å². The van der Waals surface area contributed by atoms with Crippen LogP contribution in [0.2, 0.25) is 0 Å². The summed E-state index contributed by atoms with van der Waals surface area (Å²) in [6.45, 7) is 0.872. The van der Waals surface area contributed by atoms with Crippen molar-refractivity contribution >= 4 is 29.1 Å². The van der Waals surface area contributed by atoms with Crippen molar-refractivity contribution in [3.05, 3.63) is 71.9 Å². The van der Waals surface area contributed by atoms with E-state index >= 15 is 0 Å². The molecule has 0 radical (unpaired) electrons. The molecule has 0 spiro atoms. The summed E-state index contributed by atoms with van der Waals surface area (Å²) < 4.78 is 4.71. The van der Waals surface area contributed by atoms with Crippen LogP contribution in [0.4, 0.5) is 23.1 Å². The van der Waals surface area contributed by atoms with Crippen molar-refractivity contribution in [2.24, 2.45) is 0 Å². The van der Waals surface area contributed by atoms with E-state index in [1.54, 1.807) is 18.3 Å². The van der Waals surface area contributed by atoms with Gasteiger partial charge in [0.15, 0.2) is 0 Å². The van der Waals surface area contributed by atoms with Crippen LogP contribution in [0.15, 0.2) is 60.8 Å². The Kier molecular flexibility index (Phi) is 4.23. The van der Waals surface area contributed by atoms with Gasteiger partial charge in [-0.3, -0.25) is 0 Å². The second kappa shape index (κ2) is 6.84. The molecule has 26 heavy (non-hydrogen) atoms. The number of nitrogens with zero attached hydrogens (tertiary/aromatic N) is 3. The third-order valence-electron chi connectivity index (χ3n) is 4.35. The summed E-state index contributed by atoms with van der Waals surface area (Å²) in [7, 11) is 1.37. The zero-order chi connectivity index (χ0) is 17.9. The van der Waals surface area contributed by atoms with Gasteiger partial charge in [-0.15, -0.1) is 0 Å². The molecular formula is C20H18N4O2. The van der Waals surface area contributed by atoms with E-state index in [2.05, 4.69) is 38.4 Å². The van der Waals surface area contributed by atoms with Gasteiger partial charge in [0.2, 0.25) is 5.95 Å². The predicted octanol–water partition coefficient (Wildman–Crippen LogP) is 3.70. The molecule has 0 saturated heterocycles. The van der Waals surface area contributed by atoms with Gasteiger partial charge in [0, 0.05) is 24.1 Å². The van der Waals surface area contributed by atoms with Gasteiger partial charge in [-0.1, -0.05) is 18.2 Å². The molecule has 130 valence electrons. The molecule has 2 heterocycles. The first-order valence-electron chi connectivity index (χ1n) is 8.38. The van der Waals surface area contributed by atoms with Crippen LogP contribution in [-0.4, -0.2) is 29.6 Å². The van der Waals surface area contributed by atoms with Crippen LogP contribution in [0.3, 0.4) is 0 Å². The summed E-state index contributed by atoms with van der Waals surface area (Å²) >= 11 is 0. The van der Waals surface area contributed by atoms with E-state index in [9.17, 15) is 4.79 Å². The summed E-state index contributed by atoms with van der Waals surface area (Å²) in [5, 5.41) is 3.25. The molecule has 4 rings (SSSR count). The number of benzene rings is 2. The summed E-state index contributed by atoms with van der Waals surface area (Å²) in [4.78, 5) is 22.7. The second-order valence-corrected chi connectivity index (χ2v) is 5.97. The minimum atomic E-state index is -0.353. The first kappa shape index (κ1) is 16.1. The maximum Gasteiger partial charge on any atom is 0.337 e. The molecular weight excluding hydrogens is 328 g/mol. The highest BCUT2D eigenvalue weighted by atomic mass is 16.5. The molecule has 0 fully saturated rings. The van der Waals surface area contributed by atoms with E-state index < -0.39 is 0 Å². The molecule has 0 unspecified atom stereocenters. The van der Waals surface area contributed by atoms with E-state index in [4.69, 9.17) is 4.74 Å². The lowest BCUT2D eigenvalue weighted by molar-refractivity contribution is 0.0601. The number of methoxy groups -OCH3 is 1. The molecule has 0 bridgehead atoms. The fourth-order valence-corrected chi connectivity index (χ4v) is 3.05. The van der Waals surface area contributed by atoms with Crippen LogP contribution in [0.25, 0.3) is 0 Å². The number of esters is 1. The van der Waals surface area contributed by atoms with E-state index in [0.29, 0.717) is 17.3 Å². The van der Waals surface area contributed by atoms with E-state index in [1.807, 2.05) is 24.3 Å². The molecule has 0 saturated carbocycles. The second-order valence-electron chi connectivity index (χ2n) is 5.97. The molecule has 0 atom stereocenters. The zero-order valence-electron chi connectivity index (χ0n) is 14.3. The lowest BCUT2D eigenvalue weighted by atomic mass is 10.2. The molecule has 6 heteroatoms. The normalized spacial score (nSPS) is 12.6. The smallest absolute Gasteiger partial charge is 0.337 e. The highest BCUT2D eigenvalue weighted by Gasteiger charge is 2.21. The van der Waals surface area contributed by atoms with Crippen LogP contribution in [-0.2, 0) is 11.2 Å². The van der Waals surface area contributed by atoms with Crippen LogP contribution in [0.5, 0.6) is 0 Å². The maximum atomic E-state index is 11.5. The van der Waals surface area contributed by atoms with Gasteiger partial charge in [-0.2, -0.15) is 4.98 Å².